The number of hydrogen-bond donors (Lipinski definition) is 2. The van der Waals surface area contributed by atoms with Crippen molar-refractivity contribution < 1.29 is 5.11 Å². The summed E-state index contributed by atoms with van der Waals surface area (Å²) in [6.07, 6.45) is 6.22. The standard InChI is InChI=1S/C18H38N2O/c1-5-10-19-18-9-8-16(15(3)4)13-17(18)14-20(6-2)11-7-12-21/h15-19,21H,5-14H2,1-4H3. The smallest absolute Gasteiger partial charge is 0.0443 e. The van der Waals surface area contributed by atoms with Gasteiger partial charge in [0.05, 0.1) is 0 Å². The van der Waals surface area contributed by atoms with Crippen molar-refractivity contribution in [3.8, 4) is 0 Å². The van der Waals surface area contributed by atoms with Crippen molar-refractivity contribution in [3.63, 3.8) is 0 Å². The van der Waals surface area contributed by atoms with Crippen LogP contribution in [-0.2, 0) is 0 Å². The van der Waals surface area contributed by atoms with Gasteiger partial charge in [-0.3, -0.25) is 0 Å². The van der Waals surface area contributed by atoms with Gasteiger partial charge in [0, 0.05) is 25.7 Å². The van der Waals surface area contributed by atoms with E-state index in [-0.39, 0.29) is 0 Å². The summed E-state index contributed by atoms with van der Waals surface area (Å²) in [5.74, 6) is 2.48. The molecule has 21 heavy (non-hydrogen) atoms. The number of hydrogen-bond acceptors (Lipinski definition) is 3. The van der Waals surface area contributed by atoms with Crippen LogP contribution < -0.4 is 5.32 Å². The zero-order valence-corrected chi connectivity index (χ0v) is 14.8. The van der Waals surface area contributed by atoms with E-state index in [1.54, 1.807) is 0 Å². The minimum Gasteiger partial charge on any atom is -0.396 e. The van der Waals surface area contributed by atoms with Gasteiger partial charge in [-0.1, -0.05) is 27.7 Å². The van der Waals surface area contributed by atoms with Gasteiger partial charge >= 0.3 is 0 Å². The van der Waals surface area contributed by atoms with Crippen molar-refractivity contribution in [1.29, 1.82) is 0 Å². The minimum absolute atomic E-state index is 0.313. The molecule has 0 aromatic carbocycles. The van der Waals surface area contributed by atoms with Gasteiger partial charge in [0.2, 0.25) is 0 Å². The average Bonchev–Trinajstić information content (AvgIpc) is 2.49. The third-order valence-corrected chi connectivity index (χ3v) is 5.19. The van der Waals surface area contributed by atoms with E-state index in [0.29, 0.717) is 12.6 Å². The molecule has 1 aliphatic carbocycles. The van der Waals surface area contributed by atoms with Gasteiger partial charge in [-0.15, -0.1) is 0 Å². The summed E-state index contributed by atoms with van der Waals surface area (Å²) in [6, 6.07) is 0.697. The van der Waals surface area contributed by atoms with Gasteiger partial charge in [0.15, 0.2) is 0 Å². The zero-order valence-electron chi connectivity index (χ0n) is 14.8. The number of aliphatic hydroxyl groups excluding tert-OH is 1. The fourth-order valence-corrected chi connectivity index (χ4v) is 3.71. The summed E-state index contributed by atoms with van der Waals surface area (Å²) in [5.41, 5.74) is 0. The molecule has 3 unspecified atom stereocenters. The Balaban J connectivity index is 2.58. The number of aliphatic hydroxyl groups is 1. The molecule has 3 atom stereocenters. The largest absolute Gasteiger partial charge is 0.396 e. The van der Waals surface area contributed by atoms with Gasteiger partial charge in [0.1, 0.15) is 0 Å². The first-order chi connectivity index (χ1) is 10.1. The summed E-state index contributed by atoms with van der Waals surface area (Å²) in [5, 5.41) is 12.9. The molecule has 0 heterocycles. The molecule has 0 amide bonds. The molecule has 1 saturated carbocycles. The second-order valence-electron chi connectivity index (χ2n) is 7.11. The Kier molecular flexibility index (Phi) is 9.54. The molecule has 1 rings (SSSR count). The lowest BCUT2D eigenvalue weighted by atomic mass is 9.73. The first-order valence-corrected chi connectivity index (χ1v) is 9.18. The molecular weight excluding hydrogens is 260 g/mol. The van der Waals surface area contributed by atoms with Crippen LogP contribution in [0.5, 0.6) is 0 Å². The van der Waals surface area contributed by atoms with Crippen molar-refractivity contribution in [2.75, 3.05) is 32.8 Å². The highest BCUT2D eigenvalue weighted by Crippen LogP contribution is 2.34. The van der Waals surface area contributed by atoms with Gasteiger partial charge in [0.25, 0.3) is 0 Å². The second kappa shape index (κ2) is 10.6. The lowest BCUT2D eigenvalue weighted by Crippen LogP contribution is -2.47. The molecule has 3 heteroatoms. The van der Waals surface area contributed by atoms with E-state index in [1.807, 2.05) is 0 Å². The molecule has 0 radical (unpaired) electrons. The van der Waals surface area contributed by atoms with Crippen molar-refractivity contribution in [2.45, 2.75) is 65.8 Å². The Labute approximate surface area is 132 Å². The van der Waals surface area contributed by atoms with Crippen LogP contribution in [0.3, 0.4) is 0 Å². The number of nitrogens with one attached hydrogen (secondary N) is 1. The molecule has 3 nitrogen and oxygen atoms in total. The molecular formula is C18H38N2O. The van der Waals surface area contributed by atoms with E-state index >= 15 is 0 Å². The second-order valence-corrected chi connectivity index (χ2v) is 7.11. The quantitative estimate of drug-likeness (QED) is 0.650. The van der Waals surface area contributed by atoms with Crippen molar-refractivity contribution in [1.82, 2.24) is 10.2 Å². The summed E-state index contributed by atoms with van der Waals surface area (Å²) in [7, 11) is 0. The van der Waals surface area contributed by atoms with Crippen LogP contribution in [0.15, 0.2) is 0 Å². The maximum absolute atomic E-state index is 9.06. The predicted octanol–water partition coefficient (Wildman–Crippen LogP) is 3.13. The summed E-state index contributed by atoms with van der Waals surface area (Å²) < 4.78 is 0. The molecule has 0 bridgehead atoms. The van der Waals surface area contributed by atoms with E-state index < -0.39 is 0 Å². The van der Waals surface area contributed by atoms with E-state index in [1.165, 1.54) is 32.2 Å². The zero-order chi connectivity index (χ0) is 15.7. The normalized spacial score (nSPS) is 26.7. The Bertz CT molecular complexity index is 258. The molecule has 0 saturated heterocycles. The highest BCUT2D eigenvalue weighted by atomic mass is 16.3. The SMILES string of the molecule is CCCNC1CCC(C(C)C)CC1CN(CC)CCCO. The molecule has 2 N–H and O–H groups in total. The van der Waals surface area contributed by atoms with Gasteiger partial charge in [-0.25, -0.2) is 0 Å². The monoisotopic (exact) mass is 298 g/mol. The first-order valence-electron chi connectivity index (χ1n) is 9.18. The summed E-state index contributed by atoms with van der Waals surface area (Å²) in [6.45, 7) is 14.1. The van der Waals surface area contributed by atoms with Gasteiger partial charge in [-0.05, 0) is 62.9 Å². The Hall–Kier alpha value is -0.120. The van der Waals surface area contributed by atoms with E-state index in [2.05, 4.69) is 37.9 Å². The van der Waals surface area contributed by atoms with Crippen LogP contribution in [0.2, 0.25) is 0 Å². The molecule has 1 aliphatic rings. The molecule has 0 aromatic rings. The summed E-state index contributed by atoms with van der Waals surface area (Å²) in [4.78, 5) is 2.53. The van der Waals surface area contributed by atoms with E-state index in [9.17, 15) is 0 Å². The third-order valence-electron chi connectivity index (χ3n) is 5.19. The Morgan fingerprint density at radius 2 is 2.00 bits per heavy atom. The molecule has 126 valence electrons. The van der Waals surface area contributed by atoms with Gasteiger partial charge < -0.3 is 15.3 Å². The highest BCUT2D eigenvalue weighted by Gasteiger charge is 2.32. The average molecular weight is 299 g/mol. The predicted molar refractivity (Wildman–Crippen MR) is 91.6 cm³/mol. The van der Waals surface area contributed by atoms with E-state index in [0.717, 1.165) is 43.8 Å². The van der Waals surface area contributed by atoms with Crippen LogP contribution in [0, 0.1) is 17.8 Å². The van der Waals surface area contributed by atoms with Crippen molar-refractivity contribution >= 4 is 0 Å². The minimum atomic E-state index is 0.313. The molecule has 0 spiro atoms. The third kappa shape index (κ3) is 6.66. The van der Waals surface area contributed by atoms with Crippen LogP contribution in [0.25, 0.3) is 0 Å². The van der Waals surface area contributed by atoms with Crippen LogP contribution in [0.4, 0.5) is 0 Å². The Morgan fingerprint density at radius 1 is 1.24 bits per heavy atom. The van der Waals surface area contributed by atoms with Crippen LogP contribution in [0.1, 0.15) is 59.8 Å². The molecule has 0 aromatic heterocycles. The number of rotatable bonds is 10. The van der Waals surface area contributed by atoms with Crippen molar-refractivity contribution in [2.24, 2.45) is 17.8 Å². The van der Waals surface area contributed by atoms with Crippen molar-refractivity contribution in [3.05, 3.63) is 0 Å². The van der Waals surface area contributed by atoms with Gasteiger partial charge in [-0.2, -0.15) is 0 Å². The van der Waals surface area contributed by atoms with Crippen LogP contribution in [-0.4, -0.2) is 48.8 Å². The maximum atomic E-state index is 9.06. The highest BCUT2D eigenvalue weighted by molar-refractivity contribution is 4.87. The Morgan fingerprint density at radius 3 is 2.57 bits per heavy atom. The molecule has 1 fully saturated rings. The lowest BCUT2D eigenvalue weighted by Gasteiger charge is -2.40. The topological polar surface area (TPSA) is 35.5 Å². The maximum Gasteiger partial charge on any atom is 0.0443 e. The number of nitrogens with zero attached hydrogens (tertiary/aromatic N) is 1. The summed E-state index contributed by atoms with van der Waals surface area (Å²) >= 11 is 0. The first kappa shape index (κ1) is 18.9. The lowest BCUT2D eigenvalue weighted by molar-refractivity contribution is 0.119. The molecule has 0 aliphatic heterocycles. The fourth-order valence-electron chi connectivity index (χ4n) is 3.71. The van der Waals surface area contributed by atoms with E-state index in [4.69, 9.17) is 5.11 Å². The van der Waals surface area contributed by atoms with Crippen LogP contribution >= 0.6 is 0 Å². The fraction of sp³-hybridized carbons (Fsp3) is 1.00.